The molecule has 0 aromatic heterocycles. The maximum atomic E-state index is 13.4. The molecule has 2 N–H and O–H groups in total. The lowest BCUT2D eigenvalue weighted by molar-refractivity contribution is 0.0696. The van der Waals surface area contributed by atoms with Crippen molar-refractivity contribution < 1.29 is 23.8 Å². The SMILES string of the molecule is C=CCOC(=O)Nc1c(Cl)c(F)cc(C(=O)O)c1Cl. The third-order valence-electron chi connectivity index (χ3n) is 1.95. The molecule has 19 heavy (non-hydrogen) atoms. The molecule has 0 aliphatic rings. The lowest BCUT2D eigenvalue weighted by atomic mass is 10.2. The van der Waals surface area contributed by atoms with Gasteiger partial charge in [0.2, 0.25) is 0 Å². The van der Waals surface area contributed by atoms with E-state index in [0.717, 1.165) is 0 Å². The molecule has 0 saturated carbocycles. The Morgan fingerprint density at radius 3 is 2.63 bits per heavy atom. The fourth-order valence-corrected chi connectivity index (χ4v) is 1.66. The minimum absolute atomic E-state index is 0.0812. The zero-order valence-electron chi connectivity index (χ0n) is 9.37. The number of hydrogen-bond donors (Lipinski definition) is 2. The van der Waals surface area contributed by atoms with Crippen LogP contribution in [0.15, 0.2) is 18.7 Å². The molecule has 0 unspecified atom stereocenters. The fraction of sp³-hybridized carbons (Fsp3) is 0.0909. The lowest BCUT2D eigenvalue weighted by Gasteiger charge is -2.11. The van der Waals surface area contributed by atoms with E-state index in [9.17, 15) is 14.0 Å². The van der Waals surface area contributed by atoms with Gasteiger partial charge in [-0.15, -0.1) is 0 Å². The second kappa shape index (κ2) is 6.40. The first-order valence-electron chi connectivity index (χ1n) is 4.84. The molecular weight excluding hydrogens is 300 g/mol. The Bertz CT molecular complexity index is 548. The highest BCUT2D eigenvalue weighted by Crippen LogP contribution is 2.35. The van der Waals surface area contributed by atoms with Gasteiger partial charge in [0.25, 0.3) is 0 Å². The molecule has 0 heterocycles. The Labute approximate surface area is 117 Å². The number of anilines is 1. The van der Waals surface area contributed by atoms with Crippen molar-refractivity contribution in [3.63, 3.8) is 0 Å². The average molecular weight is 308 g/mol. The number of carboxylic acids is 1. The normalized spacial score (nSPS) is 9.84. The lowest BCUT2D eigenvalue weighted by Crippen LogP contribution is -2.15. The van der Waals surface area contributed by atoms with Crippen molar-refractivity contribution in [1.82, 2.24) is 0 Å². The van der Waals surface area contributed by atoms with Gasteiger partial charge in [0.1, 0.15) is 17.4 Å². The number of amides is 1. The molecule has 0 fully saturated rings. The third-order valence-corrected chi connectivity index (χ3v) is 2.71. The monoisotopic (exact) mass is 307 g/mol. The van der Waals surface area contributed by atoms with Gasteiger partial charge in [-0.2, -0.15) is 0 Å². The van der Waals surface area contributed by atoms with Crippen LogP contribution in [0.1, 0.15) is 10.4 Å². The van der Waals surface area contributed by atoms with Crippen molar-refractivity contribution in [3.05, 3.63) is 40.1 Å². The van der Waals surface area contributed by atoms with Crippen molar-refractivity contribution in [2.45, 2.75) is 0 Å². The second-order valence-corrected chi connectivity index (χ2v) is 3.98. The van der Waals surface area contributed by atoms with E-state index in [4.69, 9.17) is 28.3 Å². The van der Waals surface area contributed by atoms with E-state index in [0.29, 0.717) is 6.07 Å². The summed E-state index contributed by atoms with van der Waals surface area (Å²) in [6.07, 6.45) is 0.350. The number of rotatable bonds is 4. The van der Waals surface area contributed by atoms with Crippen LogP contribution in [0.3, 0.4) is 0 Å². The smallest absolute Gasteiger partial charge is 0.412 e. The molecule has 0 aliphatic carbocycles. The number of nitrogens with one attached hydrogen (secondary N) is 1. The number of carbonyl (C=O) groups is 2. The Kier molecular flexibility index (Phi) is 5.14. The molecule has 102 valence electrons. The number of aromatic carboxylic acids is 1. The summed E-state index contributed by atoms with van der Waals surface area (Å²) in [5, 5.41) is 10.0. The summed E-state index contributed by atoms with van der Waals surface area (Å²) >= 11 is 11.3. The summed E-state index contributed by atoms with van der Waals surface area (Å²) in [6, 6.07) is 0.660. The molecule has 0 atom stereocenters. The van der Waals surface area contributed by atoms with Crippen LogP contribution >= 0.6 is 23.2 Å². The van der Waals surface area contributed by atoms with Crippen LogP contribution in [0.25, 0.3) is 0 Å². The Morgan fingerprint density at radius 1 is 1.47 bits per heavy atom. The minimum Gasteiger partial charge on any atom is -0.478 e. The first kappa shape index (κ1) is 15.3. The average Bonchev–Trinajstić information content (AvgIpc) is 2.36. The van der Waals surface area contributed by atoms with Crippen LogP contribution in [0, 0.1) is 5.82 Å². The number of benzene rings is 1. The minimum atomic E-state index is -1.46. The zero-order chi connectivity index (χ0) is 14.6. The van der Waals surface area contributed by atoms with Crippen LogP contribution in [-0.2, 0) is 4.74 Å². The van der Waals surface area contributed by atoms with Gasteiger partial charge < -0.3 is 9.84 Å². The van der Waals surface area contributed by atoms with Gasteiger partial charge in [-0.25, -0.2) is 14.0 Å². The van der Waals surface area contributed by atoms with Gasteiger partial charge in [-0.3, -0.25) is 5.32 Å². The molecule has 0 saturated heterocycles. The second-order valence-electron chi connectivity index (χ2n) is 3.23. The number of carbonyl (C=O) groups excluding carboxylic acids is 1. The maximum Gasteiger partial charge on any atom is 0.412 e. The molecule has 1 aromatic rings. The molecule has 1 aromatic carbocycles. The summed E-state index contributed by atoms with van der Waals surface area (Å²) < 4.78 is 18.0. The summed E-state index contributed by atoms with van der Waals surface area (Å²) in [4.78, 5) is 22.1. The van der Waals surface area contributed by atoms with Gasteiger partial charge >= 0.3 is 12.1 Å². The Balaban J connectivity index is 3.15. The van der Waals surface area contributed by atoms with Crippen molar-refractivity contribution in [1.29, 1.82) is 0 Å². The molecule has 0 radical (unpaired) electrons. The quantitative estimate of drug-likeness (QED) is 0.658. The van der Waals surface area contributed by atoms with Gasteiger partial charge in [0.05, 0.1) is 16.3 Å². The summed E-state index contributed by atoms with van der Waals surface area (Å²) in [5.74, 6) is -2.48. The topological polar surface area (TPSA) is 75.6 Å². The predicted molar refractivity (Wildman–Crippen MR) is 68.5 cm³/mol. The zero-order valence-corrected chi connectivity index (χ0v) is 10.9. The molecule has 0 spiro atoms. The first-order valence-corrected chi connectivity index (χ1v) is 5.59. The fourth-order valence-electron chi connectivity index (χ4n) is 1.14. The van der Waals surface area contributed by atoms with E-state index in [-0.39, 0.29) is 12.3 Å². The van der Waals surface area contributed by atoms with E-state index in [1.807, 2.05) is 0 Å². The molecule has 8 heteroatoms. The maximum absolute atomic E-state index is 13.4. The van der Waals surface area contributed by atoms with Crippen LogP contribution in [0.2, 0.25) is 10.0 Å². The highest BCUT2D eigenvalue weighted by Gasteiger charge is 2.21. The van der Waals surface area contributed by atoms with E-state index in [1.54, 1.807) is 0 Å². The highest BCUT2D eigenvalue weighted by molar-refractivity contribution is 6.41. The van der Waals surface area contributed by atoms with Gasteiger partial charge in [-0.05, 0) is 6.07 Å². The van der Waals surface area contributed by atoms with Crippen molar-refractivity contribution >= 4 is 41.0 Å². The molecule has 1 rings (SSSR count). The molecule has 5 nitrogen and oxygen atoms in total. The van der Waals surface area contributed by atoms with Crippen LogP contribution < -0.4 is 5.32 Å². The van der Waals surface area contributed by atoms with Crippen molar-refractivity contribution in [2.24, 2.45) is 0 Å². The number of halogens is 3. The van der Waals surface area contributed by atoms with Crippen LogP contribution in [0.5, 0.6) is 0 Å². The van der Waals surface area contributed by atoms with E-state index in [2.05, 4.69) is 16.6 Å². The predicted octanol–water partition coefficient (Wildman–Crippen LogP) is 3.57. The van der Waals surface area contributed by atoms with E-state index in [1.165, 1.54) is 6.08 Å². The first-order chi connectivity index (χ1) is 8.88. The van der Waals surface area contributed by atoms with Crippen LogP contribution in [-0.4, -0.2) is 23.8 Å². The van der Waals surface area contributed by atoms with Gasteiger partial charge in [0, 0.05) is 0 Å². The Morgan fingerprint density at radius 2 is 2.11 bits per heavy atom. The summed E-state index contributed by atoms with van der Waals surface area (Å²) in [5.41, 5.74) is -0.891. The van der Waals surface area contributed by atoms with E-state index >= 15 is 0 Å². The van der Waals surface area contributed by atoms with Crippen LogP contribution in [0.4, 0.5) is 14.9 Å². The summed E-state index contributed by atoms with van der Waals surface area (Å²) in [7, 11) is 0. The van der Waals surface area contributed by atoms with Gasteiger partial charge in [0.15, 0.2) is 0 Å². The molecule has 0 aliphatic heterocycles. The standard InChI is InChI=1S/C11H8Cl2FNO4/c1-2-3-19-11(18)15-9-7(12)5(10(16)17)4-6(14)8(9)13/h2,4H,1,3H2,(H,15,18)(H,16,17). The van der Waals surface area contributed by atoms with E-state index < -0.39 is 33.5 Å². The third kappa shape index (κ3) is 3.59. The van der Waals surface area contributed by atoms with Gasteiger partial charge in [-0.1, -0.05) is 35.9 Å². The number of carboxylic acid groups (broad SMARTS) is 1. The number of ether oxygens (including phenoxy) is 1. The van der Waals surface area contributed by atoms with Crippen molar-refractivity contribution in [3.8, 4) is 0 Å². The molecule has 1 amide bonds. The largest absolute Gasteiger partial charge is 0.478 e. The summed E-state index contributed by atoms with van der Waals surface area (Å²) in [6.45, 7) is 3.25. The molecular formula is C11H8Cl2FNO4. The highest BCUT2D eigenvalue weighted by atomic mass is 35.5. The number of hydrogen-bond acceptors (Lipinski definition) is 3. The van der Waals surface area contributed by atoms with Crippen molar-refractivity contribution in [2.75, 3.05) is 11.9 Å². The Hall–Kier alpha value is -1.79. The molecule has 0 bridgehead atoms.